The van der Waals surface area contributed by atoms with E-state index in [2.05, 4.69) is 52.0 Å². The highest BCUT2D eigenvalue weighted by Crippen LogP contribution is 2.15. The topological polar surface area (TPSA) is 9.23 Å². The predicted molar refractivity (Wildman–Crippen MR) is 74.2 cm³/mol. The lowest BCUT2D eigenvalue weighted by molar-refractivity contribution is 0.126. The van der Waals surface area contributed by atoms with Crippen molar-refractivity contribution < 1.29 is 4.74 Å². The van der Waals surface area contributed by atoms with Crippen molar-refractivity contribution in [3.05, 3.63) is 46.7 Å². The molecule has 0 bridgehead atoms. The van der Waals surface area contributed by atoms with Crippen LogP contribution in [0.15, 0.2) is 30.0 Å². The summed E-state index contributed by atoms with van der Waals surface area (Å²) in [4.78, 5) is 0. The number of allylic oxidation sites excluding steroid dienone is 2. The number of ether oxygens (including phenoxy) is 1. The molecule has 0 aliphatic carbocycles. The van der Waals surface area contributed by atoms with Gasteiger partial charge in [-0.25, -0.2) is 0 Å². The molecule has 0 heterocycles. The maximum Gasteiger partial charge on any atom is 0.0994 e. The molecule has 0 N–H and O–H groups in total. The first-order valence-corrected chi connectivity index (χ1v) is 6.44. The highest BCUT2D eigenvalue weighted by Gasteiger charge is 2.06. The Morgan fingerprint density at radius 1 is 1.29 bits per heavy atom. The Labute approximate surface area is 106 Å². The summed E-state index contributed by atoms with van der Waals surface area (Å²) in [7, 11) is 0. The van der Waals surface area contributed by atoms with E-state index in [4.69, 9.17) is 4.74 Å². The number of hydrogen-bond acceptors (Lipinski definition) is 1. The highest BCUT2D eigenvalue weighted by atomic mass is 16.5. The van der Waals surface area contributed by atoms with Crippen LogP contribution in [-0.2, 0) is 11.2 Å². The largest absolute Gasteiger partial charge is 0.495 e. The van der Waals surface area contributed by atoms with Gasteiger partial charge < -0.3 is 4.74 Å². The fraction of sp³-hybridized carbons (Fsp3) is 0.500. The van der Waals surface area contributed by atoms with Gasteiger partial charge in [0, 0.05) is 12.8 Å². The van der Waals surface area contributed by atoms with Crippen LogP contribution in [0, 0.1) is 13.8 Å². The molecule has 1 aromatic carbocycles. The van der Waals surface area contributed by atoms with Gasteiger partial charge in [0.1, 0.15) is 0 Å². The second kappa shape index (κ2) is 6.48. The number of aryl methyl sites for hydroxylation is 2. The Bertz CT molecular complexity index is 391. The minimum atomic E-state index is 0.239. The minimum absolute atomic E-state index is 0.239. The monoisotopic (exact) mass is 232 g/mol. The van der Waals surface area contributed by atoms with Crippen LogP contribution in [-0.4, -0.2) is 6.10 Å². The first kappa shape index (κ1) is 13.8. The van der Waals surface area contributed by atoms with Crippen molar-refractivity contribution in [2.75, 3.05) is 0 Å². The predicted octanol–water partition coefficient (Wildman–Crippen LogP) is 4.56. The molecule has 0 fully saturated rings. The van der Waals surface area contributed by atoms with Crippen LogP contribution in [0.4, 0.5) is 0 Å². The summed E-state index contributed by atoms with van der Waals surface area (Å²) in [5.41, 5.74) is 4.06. The average molecular weight is 232 g/mol. The lowest BCUT2D eigenvalue weighted by Crippen LogP contribution is -2.11. The van der Waals surface area contributed by atoms with Gasteiger partial charge in [0.25, 0.3) is 0 Å². The first-order valence-electron chi connectivity index (χ1n) is 6.44. The van der Waals surface area contributed by atoms with Gasteiger partial charge in [0.15, 0.2) is 0 Å². The van der Waals surface area contributed by atoms with Crippen LogP contribution >= 0.6 is 0 Å². The van der Waals surface area contributed by atoms with E-state index in [1.807, 2.05) is 6.92 Å². The Morgan fingerprint density at radius 3 is 2.53 bits per heavy atom. The molecule has 1 atom stereocenters. The SMILES string of the molecule is C/C=C(\CC)OC(C)Cc1ccc(C)c(C)c1. The van der Waals surface area contributed by atoms with E-state index >= 15 is 0 Å². The third-order valence-corrected chi connectivity index (χ3v) is 3.12. The van der Waals surface area contributed by atoms with Gasteiger partial charge >= 0.3 is 0 Å². The van der Waals surface area contributed by atoms with Crippen molar-refractivity contribution in [3.8, 4) is 0 Å². The molecule has 0 amide bonds. The van der Waals surface area contributed by atoms with E-state index in [0.717, 1.165) is 18.6 Å². The summed E-state index contributed by atoms with van der Waals surface area (Å²) in [5, 5.41) is 0. The van der Waals surface area contributed by atoms with Crippen LogP contribution in [0.3, 0.4) is 0 Å². The Morgan fingerprint density at radius 2 is 2.00 bits per heavy atom. The fourth-order valence-corrected chi connectivity index (χ4v) is 1.92. The summed E-state index contributed by atoms with van der Waals surface area (Å²) in [6, 6.07) is 6.65. The third-order valence-electron chi connectivity index (χ3n) is 3.12. The molecule has 17 heavy (non-hydrogen) atoms. The Balaban J connectivity index is 2.61. The standard InChI is InChI=1S/C16H24O/c1-6-16(7-2)17-14(5)11-15-9-8-12(3)13(4)10-15/h6,8-10,14H,7,11H2,1-5H3/b16-6+. The smallest absolute Gasteiger partial charge is 0.0994 e. The zero-order valence-corrected chi connectivity index (χ0v) is 11.7. The van der Waals surface area contributed by atoms with Gasteiger partial charge in [-0.05, 0) is 50.5 Å². The van der Waals surface area contributed by atoms with Gasteiger partial charge in [-0.2, -0.15) is 0 Å². The molecule has 1 heteroatoms. The van der Waals surface area contributed by atoms with Crippen LogP contribution in [0.5, 0.6) is 0 Å². The minimum Gasteiger partial charge on any atom is -0.495 e. The molecule has 1 nitrogen and oxygen atoms in total. The lowest BCUT2D eigenvalue weighted by atomic mass is 10.0. The third kappa shape index (κ3) is 4.26. The van der Waals surface area contributed by atoms with Gasteiger partial charge in [-0.15, -0.1) is 0 Å². The zero-order valence-electron chi connectivity index (χ0n) is 11.7. The Kier molecular flexibility index (Phi) is 5.27. The van der Waals surface area contributed by atoms with Crippen LogP contribution < -0.4 is 0 Å². The van der Waals surface area contributed by atoms with Gasteiger partial charge in [0.05, 0.1) is 11.9 Å². The normalized spacial score (nSPS) is 13.6. The Hall–Kier alpha value is -1.24. The van der Waals surface area contributed by atoms with Crippen molar-refractivity contribution in [2.24, 2.45) is 0 Å². The van der Waals surface area contributed by atoms with Gasteiger partial charge in [0.2, 0.25) is 0 Å². The van der Waals surface area contributed by atoms with Gasteiger partial charge in [-0.1, -0.05) is 25.1 Å². The lowest BCUT2D eigenvalue weighted by Gasteiger charge is -2.17. The molecule has 0 spiro atoms. The molecule has 1 aromatic rings. The van der Waals surface area contributed by atoms with E-state index in [0.29, 0.717) is 0 Å². The average Bonchev–Trinajstić information content (AvgIpc) is 2.31. The maximum absolute atomic E-state index is 5.88. The molecule has 94 valence electrons. The van der Waals surface area contributed by atoms with E-state index in [1.54, 1.807) is 0 Å². The number of benzene rings is 1. The molecular weight excluding hydrogens is 208 g/mol. The van der Waals surface area contributed by atoms with Crippen LogP contribution in [0.25, 0.3) is 0 Å². The van der Waals surface area contributed by atoms with Gasteiger partial charge in [-0.3, -0.25) is 0 Å². The molecule has 0 saturated heterocycles. The summed E-state index contributed by atoms with van der Waals surface area (Å²) < 4.78 is 5.88. The molecule has 0 saturated carbocycles. The van der Waals surface area contributed by atoms with Crippen molar-refractivity contribution in [2.45, 2.75) is 53.6 Å². The van der Waals surface area contributed by atoms with Crippen LogP contribution in [0.1, 0.15) is 43.9 Å². The second-order valence-electron chi connectivity index (χ2n) is 4.66. The second-order valence-corrected chi connectivity index (χ2v) is 4.66. The quantitative estimate of drug-likeness (QED) is 0.676. The van der Waals surface area contributed by atoms with Crippen molar-refractivity contribution in [3.63, 3.8) is 0 Å². The molecule has 0 aliphatic rings. The zero-order chi connectivity index (χ0) is 12.8. The van der Waals surface area contributed by atoms with E-state index in [-0.39, 0.29) is 6.10 Å². The van der Waals surface area contributed by atoms with Crippen molar-refractivity contribution >= 4 is 0 Å². The number of hydrogen-bond donors (Lipinski definition) is 0. The molecular formula is C16H24O. The highest BCUT2D eigenvalue weighted by molar-refractivity contribution is 5.30. The fourth-order valence-electron chi connectivity index (χ4n) is 1.92. The molecule has 0 radical (unpaired) electrons. The van der Waals surface area contributed by atoms with E-state index < -0.39 is 0 Å². The summed E-state index contributed by atoms with van der Waals surface area (Å²) >= 11 is 0. The molecule has 1 unspecified atom stereocenters. The first-order chi connectivity index (χ1) is 8.06. The van der Waals surface area contributed by atoms with Crippen molar-refractivity contribution in [1.29, 1.82) is 0 Å². The van der Waals surface area contributed by atoms with Crippen LogP contribution in [0.2, 0.25) is 0 Å². The van der Waals surface area contributed by atoms with Crippen molar-refractivity contribution in [1.82, 2.24) is 0 Å². The molecule has 0 aliphatic heterocycles. The van der Waals surface area contributed by atoms with E-state index in [1.165, 1.54) is 16.7 Å². The molecule has 0 aromatic heterocycles. The maximum atomic E-state index is 5.88. The summed E-state index contributed by atoms with van der Waals surface area (Å²) in [5.74, 6) is 1.08. The van der Waals surface area contributed by atoms with E-state index in [9.17, 15) is 0 Å². The summed E-state index contributed by atoms with van der Waals surface area (Å²) in [6.07, 6.45) is 4.23. The number of rotatable bonds is 5. The summed E-state index contributed by atoms with van der Waals surface area (Å²) in [6.45, 7) is 10.6. The molecule has 1 rings (SSSR count).